The summed E-state index contributed by atoms with van der Waals surface area (Å²) in [5.74, 6) is 0.800. The summed E-state index contributed by atoms with van der Waals surface area (Å²) in [5.41, 5.74) is 1.10. The number of ether oxygens (including phenoxy) is 1. The number of carbonyl (C=O) groups is 1. The van der Waals surface area contributed by atoms with Crippen molar-refractivity contribution in [1.29, 1.82) is 0 Å². The molecule has 0 spiro atoms. The van der Waals surface area contributed by atoms with E-state index in [1.165, 1.54) is 12.1 Å². The van der Waals surface area contributed by atoms with Gasteiger partial charge in [-0.3, -0.25) is 4.79 Å². The van der Waals surface area contributed by atoms with Crippen molar-refractivity contribution >= 4 is 5.91 Å². The lowest BCUT2D eigenvalue weighted by atomic mass is 9.79. The number of aliphatic hydroxyl groups excluding tert-OH is 1. The Kier molecular flexibility index (Phi) is 5.63. The Morgan fingerprint density at radius 2 is 2.19 bits per heavy atom. The molecular formula is C18H23FN4O3. The average Bonchev–Trinajstić information content (AvgIpc) is 3.00. The molecule has 2 N–H and O–H groups in total. The maximum atomic E-state index is 13.4. The molecule has 1 aromatic carbocycles. The molecular weight excluding hydrogens is 339 g/mol. The maximum Gasteiger partial charge on any atom is 0.251 e. The number of benzene rings is 1. The molecule has 1 heterocycles. The summed E-state index contributed by atoms with van der Waals surface area (Å²) in [7, 11) is 1.62. The van der Waals surface area contributed by atoms with E-state index in [4.69, 9.17) is 4.74 Å². The second kappa shape index (κ2) is 7.92. The molecule has 140 valence electrons. The third-order valence-corrected chi connectivity index (χ3v) is 4.80. The SMILES string of the molecule is COCCn1c(CO)nnc1C1CC(NC(=O)c2cc(F)ccc2C)C1. The van der Waals surface area contributed by atoms with Crippen LogP contribution in [0.2, 0.25) is 0 Å². The lowest BCUT2D eigenvalue weighted by Crippen LogP contribution is -2.44. The minimum absolute atomic E-state index is 0.0142. The van der Waals surface area contributed by atoms with Gasteiger partial charge in [-0.1, -0.05) is 6.07 Å². The fourth-order valence-electron chi connectivity index (χ4n) is 3.24. The summed E-state index contributed by atoms with van der Waals surface area (Å²) < 4.78 is 20.4. The van der Waals surface area contributed by atoms with Gasteiger partial charge < -0.3 is 19.7 Å². The Hall–Kier alpha value is -2.32. The Bertz CT molecular complexity index is 787. The van der Waals surface area contributed by atoms with Gasteiger partial charge in [-0.2, -0.15) is 0 Å². The Balaban J connectivity index is 1.61. The number of hydrogen-bond donors (Lipinski definition) is 2. The maximum absolute atomic E-state index is 13.4. The summed E-state index contributed by atoms with van der Waals surface area (Å²) in [4.78, 5) is 12.4. The average molecular weight is 362 g/mol. The number of rotatable bonds is 7. The van der Waals surface area contributed by atoms with Crippen LogP contribution in [0.25, 0.3) is 0 Å². The first-order valence-electron chi connectivity index (χ1n) is 8.62. The number of aliphatic hydroxyl groups is 1. The van der Waals surface area contributed by atoms with E-state index in [0.29, 0.717) is 24.5 Å². The number of hydrogen-bond acceptors (Lipinski definition) is 5. The minimum atomic E-state index is -0.421. The van der Waals surface area contributed by atoms with Crippen LogP contribution in [0.15, 0.2) is 18.2 Å². The number of aromatic nitrogens is 3. The minimum Gasteiger partial charge on any atom is -0.388 e. The van der Waals surface area contributed by atoms with Gasteiger partial charge in [0.2, 0.25) is 0 Å². The summed E-state index contributed by atoms with van der Waals surface area (Å²) in [6.45, 7) is 2.68. The highest BCUT2D eigenvalue weighted by atomic mass is 19.1. The van der Waals surface area contributed by atoms with Crippen LogP contribution in [0, 0.1) is 12.7 Å². The van der Waals surface area contributed by atoms with E-state index in [-0.39, 0.29) is 24.5 Å². The molecule has 1 fully saturated rings. The highest BCUT2D eigenvalue weighted by Gasteiger charge is 2.35. The van der Waals surface area contributed by atoms with E-state index >= 15 is 0 Å². The van der Waals surface area contributed by atoms with Crippen molar-refractivity contribution < 1.29 is 19.0 Å². The quantitative estimate of drug-likeness (QED) is 0.780. The zero-order chi connectivity index (χ0) is 18.7. The van der Waals surface area contributed by atoms with Gasteiger partial charge in [0.1, 0.15) is 18.2 Å². The number of aryl methyl sites for hydroxylation is 1. The number of nitrogens with zero attached hydrogens (tertiary/aromatic N) is 3. The summed E-state index contributed by atoms with van der Waals surface area (Å²) in [5, 5.41) is 20.6. The smallest absolute Gasteiger partial charge is 0.251 e. The molecule has 0 aliphatic heterocycles. The molecule has 0 saturated heterocycles. The van der Waals surface area contributed by atoms with Gasteiger partial charge in [0, 0.05) is 31.2 Å². The van der Waals surface area contributed by atoms with Crippen LogP contribution in [-0.4, -0.2) is 45.5 Å². The second-order valence-electron chi connectivity index (χ2n) is 6.57. The molecule has 3 rings (SSSR count). The molecule has 1 amide bonds. The first-order chi connectivity index (χ1) is 12.5. The lowest BCUT2D eigenvalue weighted by Gasteiger charge is -2.35. The largest absolute Gasteiger partial charge is 0.388 e. The standard InChI is InChI=1S/C18H23FN4O3/c1-11-3-4-13(19)9-15(11)18(25)20-14-7-12(8-14)17-22-21-16(10-24)23(17)5-6-26-2/h3-4,9,12,14,24H,5-8,10H2,1-2H3,(H,20,25). The van der Waals surface area contributed by atoms with Gasteiger partial charge in [-0.15, -0.1) is 10.2 Å². The molecule has 0 unspecified atom stereocenters. The molecule has 0 bridgehead atoms. The van der Waals surface area contributed by atoms with E-state index in [1.54, 1.807) is 20.1 Å². The van der Waals surface area contributed by atoms with E-state index < -0.39 is 5.82 Å². The van der Waals surface area contributed by atoms with Crippen LogP contribution >= 0.6 is 0 Å². The molecule has 2 aromatic rings. The Morgan fingerprint density at radius 1 is 1.42 bits per heavy atom. The third kappa shape index (κ3) is 3.76. The van der Waals surface area contributed by atoms with E-state index in [2.05, 4.69) is 15.5 Å². The zero-order valence-electron chi connectivity index (χ0n) is 14.9. The van der Waals surface area contributed by atoms with Crippen LogP contribution in [0.3, 0.4) is 0 Å². The van der Waals surface area contributed by atoms with Gasteiger partial charge in [0.15, 0.2) is 5.82 Å². The van der Waals surface area contributed by atoms with Crippen molar-refractivity contribution in [2.24, 2.45) is 0 Å². The molecule has 0 atom stereocenters. The molecule has 1 aliphatic carbocycles. The van der Waals surface area contributed by atoms with Crippen molar-refractivity contribution in [3.63, 3.8) is 0 Å². The van der Waals surface area contributed by atoms with Gasteiger partial charge in [-0.25, -0.2) is 4.39 Å². The number of methoxy groups -OCH3 is 1. The van der Waals surface area contributed by atoms with Gasteiger partial charge in [0.05, 0.1) is 6.61 Å². The molecule has 26 heavy (non-hydrogen) atoms. The topological polar surface area (TPSA) is 89.3 Å². The fourth-order valence-corrected chi connectivity index (χ4v) is 3.24. The highest BCUT2D eigenvalue weighted by molar-refractivity contribution is 5.95. The normalized spacial score (nSPS) is 19.2. The van der Waals surface area contributed by atoms with Crippen molar-refractivity contribution in [1.82, 2.24) is 20.1 Å². The van der Waals surface area contributed by atoms with E-state index in [0.717, 1.165) is 24.2 Å². The first-order valence-corrected chi connectivity index (χ1v) is 8.62. The molecule has 1 aromatic heterocycles. The summed E-state index contributed by atoms with van der Waals surface area (Å²) >= 11 is 0. The predicted octanol–water partition coefficient (Wildman–Crippen LogP) is 1.54. The van der Waals surface area contributed by atoms with Gasteiger partial charge in [0.25, 0.3) is 5.91 Å². The molecule has 0 radical (unpaired) electrons. The summed E-state index contributed by atoms with van der Waals surface area (Å²) in [6, 6.07) is 4.22. The molecule has 1 saturated carbocycles. The van der Waals surface area contributed by atoms with Crippen molar-refractivity contribution in [2.75, 3.05) is 13.7 Å². The van der Waals surface area contributed by atoms with Crippen LogP contribution < -0.4 is 5.32 Å². The predicted molar refractivity (Wildman–Crippen MR) is 92.2 cm³/mol. The monoisotopic (exact) mass is 362 g/mol. The molecule has 1 aliphatic rings. The first kappa shape index (κ1) is 18.5. The molecule has 7 nitrogen and oxygen atoms in total. The Labute approximate surface area is 151 Å². The van der Waals surface area contributed by atoms with Crippen LogP contribution in [-0.2, 0) is 17.9 Å². The van der Waals surface area contributed by atoms with Crippen molar-refractivity contribution in [3.05, 3.63) is 46.8 Å². The third-order valence-electron chi connectivity index (χ3n) is 4.80. The van der Waals surface area contributed by atoms with Crippen LogP contribution in [0.4, 0.5) is 4.39 Å². The number of nitrogens with one attached hydrogen (secondary N) is 1. The molecule has 8 heteroatoms. The van der Waals surface area contributed by atoms with Gasteiger partial charge >= 0.3 is 0 Å². The lowest BCUT2D eigenvalue weighted by molar-refractivity contribution is 0.0905. The van der Waals surface area contributed by atoms with Crippen molar-refractivity contribution in [2.45, 2.75) is 44.9 Å². The number of halogens is 1. The van der Waals surface area contributed by atoms with E-state index in [9.17, 15) is 14.3 Å². The zero-order valence-corrected chi connectivity index (χ0v) is 14.9. The number of carbonyl (C=O) groups excluding carboxylic acids is 1. The van der Waals surface area contributed by atoms with Crippen LogP contribution in [0.1, 0.15) is 46.3 Å². The fraction of sp³-hybridized carbons (Fsp3) is 0.500. The van der Waals surface area contributed by atoms with Gasteiger partial charge in [-0.05, 0) is 37.5 Å². The highest BCUT2D eigenvalue weighted by Crippen LogP contribution is 2.36. The number of amides is 1. The van der Waals surface area contributed by atoms with Crippen molar-refractivity contribution in [3.8, 4) is 0 Å². The van der Waals surface area contributed by atoms with Crippen LogP contribution in [0.5, 0.6) is 0 Å². The second-order valence-corrected chi connectivity index (χ2v) is 6.57. The summed E-state index contributed by atoms with van der Waals surface area (Å²) in [6.07, 6.45) is 1.47. The van der Waals surface area contributed by atoms with E-state index in [1.807, 2.05) is 4.57 Å². The Morgan fingerprint density at radius 3 is 2.88 bits per heavy atom.